The van der Waals surface area contributed by atoms with Crippen LogP contribution in [0.15, 0.2) is 73.5 Å². The maximum absolute atomic E-state index is 13.6. The van der Waals surface area contributed by atoms with Gasteiger partial charge in [0.05, 0.1) is 18.3 Å². The maximum Gasteiger partial charge on any atom is 0.315 e. The van der Waals surface area contributed by atoms with Crippen molar-refractivity contribution in [1.29, 1.82) is 0 Å². The summed E-state index contributed by atoms with van der Waals surface area (Å²) in [6, 6.07) is 11.0. The zero-order chi connectivity index (χ0) is 23.8. The number of ketones is 1. The van der Waals surface area contributed by atoms with E-state index in [0.29, 0.717) is 52.8 Å². The molecule has 0 saturated heterocycles. The number of allylic oxidation sites excluding steroid dienone is 2. The van der Waals surface area contributed by atoms with Gasteiger partial charge in [-0.05, 0) is 43.3 Å². The van der Waals surface area contributed by atoms with Crippen LogP contribution in [0.5, 0.6) is 0 Å². The predicted octanol–water partition coefficient (Wildman–Crippen LogP) is 5.38. The van der Waals surface area contributed by atoms with Crippen molar-refractivity contribution in [3.05, 3.63) is 80.0 Å². The molecular weight excluding hydrogens is 450 g/mol. The smallest absolute Gasteiger partial charge is 0.315 e. The number of ether oxygens (including phenoxy) is 1. The van der Waals surface area contributed by atoms with Gasteiger partial charge in [0.25, 0.3) is 0 Å². The number of fused-ring (bicyclic) bond motifs is 1. The number of para-hydroxylation sites is 1. The van der Waals surface area contributed by atoms with E-state index in [-0.39, 0.29) is 23.7 Å². The molecule has 3 heterocycles. The number of carbonyl (C=O) groups is 2. The van der Waals surface area contributed by atoms with Gasteiger partial charge < -0.3 is 9.15 Å². The Morgan fingerprint density at radius 2 is 2.00 bits per heavy atom. The summed E-state index contributed by atoms with van der Waals surface area (Å²) < 4.78 is 11.3. The first-order valence-electron chi connectivity index (χ1n) is 11.5. The molecule has 0 N–H and O–H groups in total. The van der Waals surface area contributed by atoms with Gasteiger partial charge in [0, 0.05) is 45.7 Å². The summed E-state index contributed by atoms with van der Waals surface area (Å²) in [5, 5.41) is 2.42. The number of nitrogens with zero attached hydrogens (tertiary/aromatic N) is 1. The van der Waals surface area contributed by atoms with Crippen molar-refractivity contribution in [2.24, 2.45) is 10.9 Å². The Morgan fingerprint density at radius 1 is 1.18 bits per heavy atom. The summed E-state index contributed by atoms with van der Waals surface area (Å²) in [6.45, 7) is 3.96. The van der Waals surface area contributed by atoms with Crippen molar-refractivity contribution in [3.63, 3.8) is 0 Å². The highest BCUT2D eigenvalue weighted by molar-refractivity contribution is 7.10. The molecule has 0 saturated carbocycles. The maximum atomic E-state index is 13.6. The Hall–Kier alpha value is -3.32. The summed E-state index contributed by atoms with van der Waals surface area (Å²) in [5.41, 5.74) is 2.17. The van der Waals surface area contributed by atoms with E-state index in [1.54, 1.807) is 42.5 Å². The van der Waals surface area contributed by atoms with Crippen LogP contribution in [-0.4, -0.2) is 24.1 Å². The van der Waals surface area contributed by atoms with Gasteiger partial charge in [0.15, 0.2) is 11.2 Å². The zero-order valence-corrected chi connectivity index (χ0v) is 19.9. The first kappa shape index (κ1) is 22.5. The highest BCUT2D eigenvalue weighted by Gasteiger charge is 2.46. The van der Waals surface area contributed by atoms with Crippen LogP contribution < -0.4 is 5.43 Å². The van der Waals surface area contributed by atoms with Gasteiger partial charge in [-0.3, -0.25) is 19.4 Å². The van der Waals surface area contributed by atoms with E-state index in [1.165, 1.54) is 6.26 Å². The molecule has 0 radical (unpaired) electrons. The third-order valence-corrected chi connectivity index (χ3v) is 7.61. The molecule has 174 valence electrons. The second kappa shape index (κ2) is 9.14. The fraction of sp³-hybridized carbons (Fsp3) is 0.333. The third kappa shape index (κ3) is 3.84. The third-order valence-electron chi connectivity index (χ3n) is 6.58. The van der Waals surface area contributed by atoms with E-state index >= 15 is 0 Å². The first-order chi connectivity index (χ1) is 16.5. The fourth-order valence-corrected chi connectivity index (χ4v) is 5.86. The SMILES string of the molecule is CCCOC(=O)C1C(C)=NC2=C(C(=O)CC(c3cccs3)C2)C1c1coc2ccccc2c1=O. The van der Waals surface area contributed by atoms with Gasteiger partial charge in [0.2, 0.25) is 0 Å². The molecule has 0 bridgehead atoms. The number of thiophene rings is 1. The van der Waals surface area contributed by atoms with Gasteiger partial charge in [-0.1, -0.05) is 25.1 Å². The molecule has 34 heavy (non-hydrogen) atoms. The Kier molecular flexibility index (Phi) is 6.04. The van der Waals surface area contributed by atoms with Crippen molar-refractivity contribution < 1.29 is 18.7 Å². The second-order valence-electron chi connectivity index (χ2n) is 8.80. The normalized spacial score (nSPS) is 22.5. The van der Waals surface area contributed by atoms with Crippen molar-refractivity contribution in [2.75, 3.05) is 6.61 Å². The van der Waals surface area contributed by atoms with Gasteiger partial charge in [0.1, 0.15) is 11.5 Å². The molecule has 3 atom stereocenters. The Bertz CT molecular complexity index is 1380. The summed E-state index contributed by atoms with van der Waals surface area (Å²) in [5.74, 6) is -2.15. The van der Waals surface area contributed by atoms with Crippen LogP contribution in [0.3, 0.4) is 0 Å². The lowest BCUT2D eigenvalue weighted by atomic mass is 9.70. The highest BCUT2D eigenvalue weighted by Crippen LogP contribution is 2.47. The van der Waals surface area contributed by atoms with Crippen LogP contribution in [0, 0.1) is 5.92 Å². The summed E-state index contributed by atoms with van der Waals surface area (Å²) >= 11 is 1.62. The summed E-state index contributed by atoms with van der Waals surface area (Å²) in [7, 11) is 0. The second-order valence-corrected chi connectivity index (χ2v) is 9.78. The van der Waals surface area contributed by atoms with Crippen LogP contribution in [0.2, 0.25) is 0 Å². The lowest BCUT2D eigenvalue weighted by Crippen LogP contribution is -2.39. The standard InChI is InChI=1S/C27H25NO5S/c1-3-10-32-27(31)23-15(2)28-19-12-16(22-9-6-11-34-22)13-20(29)25(19)24(23)18-14-33-21-8-5-4-7-17(21)26(18)30/h4-9,11,14,16,23-24H,3,10,12-13H2,1-2H3. The number of rotatable bonds is 5. The van der Waals surface area contributed by atoms with Crippen molar-refractivity contribution in [2.45, 2.75) is 44.9 Å². The average Bonchev–Trinajstić information content (AvgIpc) is 3.37. The lowest BCUT2D eigenvalue weighted by molar-refractivity contribution is -0.146. The average molecular weight is 476 g/mol. The quantitative estimate of drug-likeness (QED) is 0.462. The molecule has 1 aliphatic heterocycles. The van der Waals surface area contributed by atoms with E-state index in [2.05, 4.69) is 0 Å². The number of benzene rings is 1. The minimum atomic E-state index is -0.850. The van der Waals surface area contributed by atoms with Gasteiger partial charge in [-0.25, -0.2) is 0 Å². The molecular formula is C27H25NO5S. The molecule has 1 aromatic carbocycles. The predicted molar refractivity (Wildman–Crippen MR) is 131 cm³/mol. The minimum absolute atomic E-state index is 0.0417. The Labute approximate surface area is 201 Å². The molecule has 0 amide bonds. The molecule has 7 heteroatoms. The number of carbonyl (C=O) groups excluding carboxylic acids is 2. The Morgan fingerprint density at radius 3 is 2.76 bits per heavy atom. The minimum Gasteiger partial charge on any atom is -0.465 e. The largest absolute Gasteiger partial charge is 0.465 e. The van der Waals surface area contributed by atoms with Crippen LogP contribution in [-0.2, 0) is 14.3 Å². The lowest BCUT2D eigenvalue weighted by Gasteiger charge is -2.35. The topological polar surface area (TPSA) is 85.9 Å². The highest BCUT2D eigenvalue weighted by atomic mass is 32.1. The van der Waals surface area contributed by atoms with Crippen molar-refractivity contribution in [1.82, 2.24) is 0 Å². The van der Waals surface area contributed by atoms with E-state index < -0.39 is 17.8 Å². The van der Waals surface area contributed by atoms with Crippen LogP contribution in [0.4, 0.5) is 0 Å². The molecule has 3 aromatic rings. The van der Waals surface area contributed by atoms with E-state index in [4.69, 9.17) is 14.1 Å². The van der Waals surface area contributed by atoms with Gasteiger partial charge in [-0.2, -0.15) is 0 Å². The number of aliphatic imine (C=N–C) groups is 1. The number of esters is 1. The number of hydrogen-bond acceptors (Lipinski definition) is 7. The summed E-state index contributed by atoms with van der Waals surface area (Å²) in [4.78, 5) is 46.2. The first-order valence-corrected chi connectivity index (χ1v) is 12.4. The van der Waals surface area contributed by atoms with Crippen LogP contribution in [0.25, 0.3) is 11.0 Å². The van der Waals surface area contributed by atoms with Gasteiger partial charge in [-0.15, -0.1) is 11.3 Å². The van der Waals surface area contributed by atoms with Crippen LogP contribution in [0.1, 0.15) is 55.4 Å². The summed E-state index contributed by atoms with van der Waals surface area (Å²) in [6.07, 6.45) is 2.98. The molecule has 0 fully saturated rings. The van der Waals surface area contributed by atoms with Gasteiger partial charge >= 0.3 is 5.97 Å². The molecule has 2 aromatic heterocycles. The molecule has 3 unspecified atom stereocenters. The Balaban J connectivity index is 1.67. The van der Waals surface area contributed by atoms with E-state index in [1.807, 2.05) is 24.4 Å². The van der Waals surface area contributed by atoms with E-state index in [0.717, 1.165) is 4.88 Å². The molecule has 2 aliphatic rings. The van der Waals surface area contributed by atoms with Crippen LogP contribution >= 0.6 is 11.3 Å². The van der Waals surface area contributed by atoms with Crippen molar-refractivity contribution in [3.8, 4) is 0 Å². The molecule has 0 spiro atoms. The molecule has 1 aliphatic carbocycles. The number of hydrogen-bond donors (Lipinski definition) is 0. The monoisotopic (exact) mass is 475 g/mol. The molecule has 6 nitrogen and oxygen atoms in total. The fourth-order valence-electron chi connectivity index (χ4n) is 5.03. The number of Topliss-reactive ketones (excluding diaryl/α,β-unsaturated/α-hetero) is 1. The zero-order valence-electron chi connectivity index (χ0n) is 19.1. The molecule has 5 rings (SSSR count). The van der Waals surface area contributed by atoms with E-state index in [9.17, 15) is 14.4 Å². The van der Waals surface area contributed by atoms with Crippen molar-refractivity contribution >= 4 is 39.8 Å².